The lowest BCUT2D eigenvalue weighted by atomic mass is 9.63. The van der Waals surface area contributed by atoms with Crippen molar-refractivity contribution >= 4 is 21.6 Å². The molecule has 19 heavy (non-hydrogen) atoms. The Morgan fingerprint density at radius 1 is 1.16 bits per heavy atom. The third-order valence-corrected chi connectivity index (χ3v) is 4.53. The molecule has 2 rings (SSSR count). The van der Waals surface area contributed by atoms with Crippen molar-refractivity contribution < 1.29 is 4.39 Å². The van der Waals surface area contributed by atoms with E-state index in [0.717, 1.165) is 23.0 Å². The molecule has 1 nitrogen and oxygen atoms in total. The average molecular weight is 328 g/mol. The quantitative estimate of drug-likeness (QED) is 0.744. The zero-order valence-corrected chi connectivity index (χ0v) is 13.8. The van der Waals surface area contributed by atoms with E-state index in [9.17, 15) is 4.39 Å². The number of benzene rings is 1. The fourth-order valence-electron chi connectivity index (χ4n) is 3.78. The molecule has 0 amide bonds. The molecular weight excluding hydrogens is 305 g/mol. The standard InChI is InChI=1S/C16H23BrFN/c1-15(2)8-12(9-16(3,4)10-15)19-14-7-11(18)5-6-13(14)17/h5-7,12,19H,8-10H2,1-4H3. The molecule has 3 heteroatoms. The Bertz CT molecular complexity index is 452. The maximum Gasteiger partial charge on any atom is 0.125 e. The third kappa shape index (κ3) is 3.95. The third-order valence-electron chi connectivity index (χ3n) is 3.84. The van der Waals surface area contributed by atoms with Crippen LogP contribution in [-0.4, -0.2) is 6.04 Å². The van der Waals surface area contributed by atoms with Crippen LogP contribution in [0, 0.1) is 16.6 Å². The van der Waals surface area contributed by atoms with Crippen molar-refractivity contribution in [1.82, 2.24) is 0 Å². The first-order valence-corrected chi connectivity index (χ1v) is 7.68. The van der Waals surface area contributed by atoms with Gasteiger partial charge in [-0.1, -0.05) is 27.7 Å². The second kappa shape index (κ2) is 5.08. The van der Waals surface area contributed by atoms with Gasteiger partial charge in [0, 0.05) is 10.5 Å². The van der Waals surface area contributed by atoms with Gasteiger partial charge >= 0.3 is 0 Å². The van der Waals surface area contributed by atoms with Crippen LogP contribution in [0.3, 0.4) is 0 Å². The Morgan fingerprint density at radius 2 is 1.74 bits per heavy atom. The number of hydrogen-bond acceptors (Lipinski definition) is 1. The van der Waals surface area contributed by atoms with E-state index >= 15 is 0 Å². The Kier molecular flexibility index (Phi) is 3.97. The van der Waals surface area contributed by atoms with Gasteiger partial charge < -0.3 is 5.32 Å². The van der Waals surface area contributed by atoms with E-state index in [0.29, 0.717) is 16.9 Å². The van der Waals surface area contributed by atoms with Crippen LogP contribution in [-0.2, 0) is 0 Å². The van der Waals surface area contributed by atoms with E-state index in [2.05, 4.69) is 48.9 Å². The van der Waals surface area contributed by atoms with Crippen LogP contribution in [0.5, 0.6) is 0 Å². The number of nitrogens with one attached hydrogen (secondary N) is 1. The minimum absolute atomic E-state index is 0.194. The average Bonchev–Trinajstić information content (AvgIpc) is 2.18. The molecule has 0 atom stereocenters. The molecule has 0 radical (unpaired) electrons. The zero-order valence-electron chi connectivity index (χ0n) is 12.2. The molecule has 1 aliphatic carbocycles. The summed E-state index contributed by atoms with van der Waals surface area (Å²) in [6.07, 6.45) is 3.49. The molecule has 1 aliphatic rings. The number of hydrogen-bond donors (Lipinski definition) is 1. The molecular formula is C16H23BrFN. The van der Waals surface area contributed by atoms with Crippen molar-refractivity contribution in [1.29, 1.82) is 0 Å². The zero-order chi connectivity index (χ0) is 14.3. The van der Waals surface area contributed by atoms with Crippen LogP contribution >= 0.6 is 15.9 Å². The molecule has 1 aromatic carbocycles. The lowest BCUT2D eigenvalue weighted by molar-refractivity contribution is 0.105. The summed E-state index contributed by atoms with van der Waals surface area (Å²) in [5.74, 6) is -0.194. The van der Waals surface area contributed by atoms with Crippen molar-refractivity contribution in [2.75, 3.05) is 5.32 Å². The molecule has 0 bridgehead atoms. The van der Waals surface area contributed by atoms with E-state index in [-0.39, 0.29) is 5.82 Å². The second-order valence-corrected chi connectivity index (χ2v) is 8.23. The van der Waals surface area contributed by atoms with Crippen molar-refractivity contribution in [3.8, 4) is 0 Å². The van der Waals surface area contributed by atoms with E-state index < -0.39 is 0 Å². The monoisotopic (exact) mass is 327 g/mol. The Balaban J connectivity index is 2.16. The normalized spacial score (nSPS) is 22.2. The Labute approximate surface area is 124 Å². The van der Waals surface area contributed by atoms with Gasteiger partial charge in [-0.2, -0.15) is 0 Å². The first-order valence-electron chi connectivity index (χ1n) is 6.89. The van der Waals surface area contributed by atoms with Gasteiger partial charge in [0.1, 0.15) is 5.82 Å². The maximum atomic E-state index is 13.3. The second-order valence-electron chi connectivity index (χ2n) is 7.38. The highest BCUT2D eigenvalue weighted by atomic mass is 79.9. The molecule has 0 saturated heterocycles. The van der Waals surface area contributed by atoms with E-state index in [1.54, 1.807) is 12.1 Å². The van der Waals surface area contributed by atoms with Crippen molar-refractivity contribution in [2.45, 2.75) is 53.0 Å². The Hall–Kier alpha value is -0.570. The summed E-state index contributed by atoms with van der Waals surface area (Å²) >= 11 is 3.49. The van der Waals surface area contributed by atoms with Crippen LogP contribution < -0.4 is 5.32 Å². The van der Waals surface area contributed by atoms with E-state index in [1.165, 1.54) is 12.5 Å². The summed E-state index contributed by atoms with van der Waals surface area (Å²) in [6.45, 7) is 9.29. The topological polar surface area (TPSA) is 12.0 Å². The van der Waals surface area contributed by atoms with Gasteiger partial charge in [-0.05, 0) is 64.2 Å². The van der Waals surface area contributed by atoms with Crippen LogP contribution in [0.1, 0.15) is 47.0 Å². The smallest absolute Gasteiger partial charge is 0.125 e. The number of halogens is 2. The molecule has 0 unspecified atom stereocenters. The molecule has 1 fully saturated rings. The molecule has 1 saturated carbocycles. The molecule has 0 aliphatic heterocycles. The van der Waals surface area contributed by atoms with Crippen molar-refractivity contribution in [3.05, 3.63) is 28.5 Å². The SMILES string of the molecule is CC1(C)CC(Nc2cc(F)ccc2Br)CC(C)(C)C1. The van der Waals surface area contributed by atoms with E-state index in [1.807, 2.05) is 0 Å². The molecule has 0 heterocycles. The summed E-state index contributed by atoms with van der Waals surface area (Å²) < 4.78 is 14.3. The van der Waals surface area contributed by atoms with Gasteiger partial charge in [-0.25, -0.2) is 4.39 Å². The predicted molar refractivity (Wildman–Crippen MR) is 82.9 cm³/mol. The summed E-state index contributed by atoms with van der Waals surface area (Å²) in [7, 11) is 0. The molecule has 1 aromatic rings. The Morgan fingerprint density at radius 3 is 2.32 bits per heavy atom. The van der Waals surface area contributed by atoms with Gasteiger partial charge in [0.2, 0.25) is 0 Å². The van der Waals surface area contributed by atoms with Gasteiger partial charge in [0.25, 0.3) is 0 Å². The van der Waals surface area contributed by atoms with E-state index in [4.69, 9.17) is 0 Å². The molecule has 0 aromatic heterocycles. The molecule has 0 spiro atoms. The van der Waals surface area contributed by atoms with Gasteiger partial charge in [0.05, 0.1) is 5.69 Å². The summed E-state index contributed by atoms with van der Waals surface area (Å²) in [5, 5.41) is 3.51. The summed E-state index contributed by atoms with van der Waals surface area (Å²) in [5.41, 5.74) is 1.52. The van der Waals surface area contributed by atoms with Crippen LogP contribution in [0.2, 0.25) is 0 Å². The highest BCUT2D eigenvalue weighted by molar-refractivity contribution is 9.10. The lowest BCUT2D eigenvalue weighted by Gasteiger charge is -2.45. The minimum atomic E-state index is -0.194. The first kappa shape index (κ1) is 14.8. The number of anilines is 1. The van der Waals surface area contributed by atoms with Crippen molar-refractivity contribution in [3.63, 3.8) is 0 Å². The fourth-order valence-corrected chi connectivity index (χ4v) is 4.14. The van der Waals surface area contributed by atoms with Crippen LogP contribution in [0.15, 0.2) is 22.7 Å². The molecule has 1 N–H and O–H groups in total. The van der Waals surface area contributed by atoms with Crippen LogP contribution in [0.4, 0.5) is 10.1 Å². The lowest BCUT2D eigenvalue weighted by Crippen LogP contribution is -2.40. The predicted octanol–water partition coefficient (Wildman–Crippen LogP) is 5.61. The maximum absolute atomic E-state index is 13.3. The largest absolute Gasteiger partial charge is 0.381 e. The summed E-state index contributed by atoms with van der Waals surface area (Å²) in [6, 6.07) is 5.20. The highest BCUT2D eigenvalue weighted by Gasteiger charge is 2.38. The van der Waals surface area contributed by atoms with Crippen LogP contribution in [0.25, 0.3) is 0 Å². The number of rotatable bonds is 2. The van der Waals surface area contributed by atoms with Gasteiger partial charge in [-0.15, -0.1) is 0 Å². The van der Waals surface area contributed by atoms with Gasteiger partial charge in [0.15, 0.2) is 0 Å². The first-order chi connectivity index (χ1) is 8.67. The summed E-state index contributed by atoms with van der Waals surface area (Å²) in [4.78, 5) is 0. The molecule has 106 valence electrons. The fraction of sp³-hybridized carbons (Fsp3) is 0.625. The highest BCUT2D eigenvalue weighted by Crippen LogP contribution is 2.46. The van der Waals surface area contributed by atoms with Crippen molar-refractivity contribution in [2.24, 2.45) is 10.8 Å². The minimum Gasteiger partial charge on any atom is -0.381 e. The van der Waals surface area contributed by atoms with Gasteiger partial charge in [-0.3, -0.25) is 0 Å².